The number of carbonyl (C=O) groups is 1. The first kappa shape index (κ1) is 13.9. The number of hydrogen-bond acceptors (Lipinski definition) is 3. The van der Waals surface area contributed by atoms with Crippen molar-refractivity contribution in [2.45, 2.75) is 19.8 Å². The number of fused-ring (bicyclic) bond motifs is 1. The van der Waals surface area contributed by atoms with Gasteiger partial charge in [0.15, 0.2) is 5.75 Å². The number of benzene rings is 1. The average molecular weight is 284 g/mol. The lowest BCUT2D eigenvalue weighted by Crippen LogP contribution is -2.39. The number of ether oxygens (including phenoxy) is 1. The quantitative estimate of drug-likeness (QED) is 0.851. The second-order valence-electron chi connectivity index (χ2n) is 5.72. The number of piperidine rings is 1. The monoisotopic (exact) mass is 284 g/mol. The molecule has 1 aliphatic rings. The number of pyridine rings is 1. The number of nitrogens with zero attached hydrogens (tertiary/aromatic N) is 2. The molecule has 0 aliphatic carbocycles. The van der Waals surface area contributed by atoms with Gasteiger partial charge in [-0.15, -0.1) is 0 Å². The van der Waals surface area contributed by atoms with E-state index < -0.39 is 0 Å². The van der Waals surface area contributed by atoms with E-state index >= 15 is 0 Å². The summed E-state index contributed by atoms with van der Waals surface area (Å²) in [6.07, 6.45) is 3.90. The summed E-state index contributed by atoms with van der Waals surface area (Å²) in [6.45, 7) is 3.84. The first-order valence-corrected chi connectivity index (χ1v) is 7.41. The molecule has 0 bridgehead atoms. The van der Waals surface area contributed by atoms with Crippen molar-refractivity contribution in [2.75, 3.05) is 20.2 Å². The van der Waals surface area contributed by atoms with Gasteiger partial charge in [0, 0.05) is 18.5 Å². The Morgan fingerprint density at radius 3 is 2.95 bits per heavy atom. The molecule has 3 rings (SSSR count). The highest BCUT2D eigenvalue weighted by molar-refractivity contribution is 6.08. The number of aromatic nitrogens is 1. The molecule has 1 aromatic heterocycles. The highest BCUT2D eigenvalue weighted by Gasteiger charge is 2.26. The third kappa shape index (κ3) is 2.58. The van der Waals surface area contributed by atoms with Crippen LogP contribution in [0, 0.1) is 5.92 Å². The molecule has 110 valence electrons. The molecule has 1 atom stereocenters. The molecule has 0 spiro atoms. The van der Waals surface area contributed by atoms with Crippen LogP contribution in [0.2, 0.25) is 0 Å². The molecular formula is C17H20N2O2. The maximum atomic E-state index is 13.0. The molecule has 1 unspecified atom stereocenters. The van der Waals surface area contributed by atoms with Gasteiger partial charge in [0.05, 0.1) is 24.4 Å². The van der Waals surface area contributed by atoms with Crippen LogP contribution in [-0.4, -0.2) is 36.0 Å². The smallest absolute Gasteiger partial charge is 0.258 e. The van der Waals surface area contributed by atoms with Crippen molar-refractivity contribution in [3.63, 3.8) is 0 Å². The number of rotatable bonds is 2. The summed E-state index contributed by atoms with van der Waals surface area (Å²) in [6, 6.07) is 7.72. The van der Waals surface area contributed by atoms with Crippen LogP contribution in [0.5, 0.6) is 5.75 Å². The fraction of sp³-hybridized carbons (Fsp3) is 0.412. The fourth-order valence-electron chi connectivity index (χ4n) is 3.03. The lowest BCUT2D eigenvalue weighted by atomic mass is 9.98. The molecule has 0 N–H and O–H groups in total. The maximum absolute atomic E-state index is 13.0. The zero-order chi connectivity index (χ0) is 14.8. The Morgan fingerprint density at radius 1 is 1.38 bits per heavy atom. The van der Waals surface area contributed by atoms with Gasteiger partial charge in [-0.3, -0.25) is 9.78 Å². The molecule has 2 heterocycles. The van der Waals surface area contributed by atoms with Crippen LogP contribution < -0.4 is 4.74 Å². The molecule has 1 aliphatic heterocycles. The minimum absolute atomic E-state index is 0.0528. The molecule has 1 saturated heterocycles. The highest BCUT2D eigenvalue weighted by atomic mass is 16.5. The summed E-state index contributed by atoms with van der Waals surface area (Å²) in [7, 11) is 1.58. The van der Waals surface area contributed by atoms with E-state index in [1.165, 1.54) is 6.42 Å². The first-order chi connectivity index (χ1) is 10.2. The maximum Gasteiger partial charge on any atom is 0.258 e. The number of para-hydroxylation sites is 1. The van der Waals surface area contributed by atoms with Gasteiger partial charge >= 0.3 is 0 Å². The van der Waals surface area contributed by atoms with Crippen molar-refractivity contribution >= 4 is 16.8 Å². The SMILES string of the molecule is COc1cnc2ccccc2c1C(=O)N1CCCC(C)C1. The summed E-state index contributed by atoms with van der Waals surface area (Å²) in [5.74, 6) is 1.16. The van der Waals surface area contributed by atoms with E-state index in [0.29, 0.717) is 17.2 Å². The van der Waals surface area contributed by atoms with E-state index in [4.69, 9.17) is 4.74 Å². The predicted octanol–water partition coefficient (Wildman–Crippen LogP) is 3.12. The van der Waals surface area contributed by atoms with Crippen molar-refractivity contribution < 1.29 is 9.53 Å². The van der Waals surface area contributed by atoms with Gasteiger partial charge in [0.1, 0.15) is 0 Å². The lowest BCUT2D eigenvalue weighted by molar-refractivity contribution is 0.0681. The summed E-state index contributed by atoms with van der Waals surface area (Å²) < 4.78 is 5.38. The zero-order valence-corrected chi connectivity index (χ0v) is 12.5. The number of amides is 1. The summed E-state index contributed by atoms with van der Waals surface area (Å²) in [5, 5.41) is 0.861. The van der Waals surface area contributed by atoms with Crippen LogP contribution in [0.15, 0.2) is 30.5 Å². The Labute approximate surface area is 124 Å². The third-order valence-electron chi connectivity index (χ3n) is 4.12. The Bertz CT molecular complexity index is 669. The van der Waals surface area contributed by atoms with Gasteiger partial charge in [0.2, 0.25) is 0 Å². The molecule has 21 heavy (non-hydrogen) atoms. The minimum Gasteiger partial charge on any atom is -0.494 e. The van der Waals surface area contributed by atoms with E-state index in [9.17, 15) is 4.79 Å². The van der Waals surface area contributed by atoms with Crippen LogP contribution in [0.1, 0.15) is 30.1 Å². The molecular weight excluding hydrogens is 264 g/mol. The van der Waals surface area contributed by atoms with Crippen LogP contribution in [0.4, 0.5) is 0 Å². The molecule has 1 aromatic carbocycles. The van der Waals surface area contributed by atoms with Crippen molar-refractivity contribution in [3.05, 3.63) is 36.0 Å². The van der Waals surface area contributed by atoms with Crippen LogP contribution >= 0.6 is 0 Å². The van der Waals surface area contributed by atoms with Gasteiger partial charge < -0.3 is 9.64 Å². The Kier molecular flexibility index (Phi) is 3.78. The highest BCUT2D eigenvalue weighted by Crippen LogP contribution is 2.29. The van der Waals surface area contributed by atoms with E-state index in [1.807, 2.05) is 29.2 Å². The molecule has 0 radical (unpaired) electrons. The Balaban J connectivity index is 2.07. The minimum atomic E-state index is 0.0528. The van der Waals surface area contributed by atoms with Gasteiger partial charge in [-0.1, -0.05) is 25.1 Å². The predicted molar refractivity (Wildman–Crippen MR) is 82.6 cm³/mol. The van der Waals surface area contributed by atoms with Crippen LogP contribution in [0.3, 0.4) is 0 Å². The van der Waals surface area contributed by atoms with Gasteiger partial charge in [-0.2, -0.15) is 0 Å². The summed E-state index contributed by atoms with van der Waals surface area (Å²) in [4.78, 5) is 19.3. The van der Waals surface area contributed by atoms with Gasteiger partial charge in [0.25, 0.3) is 5.91 Å². The van der Waals surface area contributed by atoms with E-state index in [0.717, 1.165) is 30.4 Å². The lowest BCUT2D eigenvalue weighted by Gasteiger charge is -2.31. The molecule has 1 amide bonds. The van der Waals surface area contributed by atoms with Crippen LogP contribution in [0.25, 0.3) is 10.9 Å². The van der Waals surface area contributed by atoms with E-state index in [1.54, 1.807) is 13.3 Å². The molecule has 1 fully saturated rings. The second-order valence-corrected chi connectivity index (χ2v) is 5.72. The molecule has 0 saturated carbocycles. The fourth-order valence-corrected chi connectivity index (χ4v) is 3.03. The normalized spacial score (nSPS) is 18.8. The molecule has 4 nitrogen and oxygen atoms in total. The van der Waals surface area contributed by atoms with Gasteiger partial charge in [-0.05, 0) is 24.8 Å². The first-order valence-electron chi connectivity index (χ1n) is 7.41. The molecule has 4 heteroatoms. The number of hydrogen-bond donors (Lipinski definition) is 0. The zero-order valence-electron chi connectivity index (χ0n) is 12.5. The molecule has 2 aromatic rings. The van der Waals surface area contributed by atoms with Crippen molar-refractivity contribution in [1.82, 2.24) is 9.88 Å². The summed E-state index contributed by atoms with van der Waals surface area (Å²) >= 11 is 0. The van der Waals surface area contributed by atoms with Crippen molar-refractivity contribution in [2.24, 2.45) is 5.92 Å². The second kappa shape index (κ2) is 5.72. The topological polar surface area (TPSA) is 42.4 Å². The summed E-state index contributed by atoms with van der Waals surface area (Å²) in [5.41, 5.74) is 1.46. The van der Waals surface area contributed by atoms with Crippen molar-refractivity contribution in [1.29, 1.82) is 0 Å². The van der Waals surface area contributed by atoms with Gasteiger partial charge in [-0.25, -0.2) is 0 Å². The van der Waals surface area contributed by atoms with E-state index in [-0.39, 0.29) is 5.91 Å². The Morgan fingerprint density at radius 2 is 2.19 bits per heavy atom. The van der Waals surface area contributed by atoms with E-state index in [2.05, 4.69) is 11.9 Å². The largest absolute Gasteiger partial charge is 0.494 e. The number of carbonyl (C=O) groups excluding carboxylic acids is 1. The Hall–Kier alpha value is -2.10. The van der Waals surface area contributed by atoms with Crippen LogP contribution in [-0.2, 0) is 0 Å². The standard InChI is InChI=1S/C17H20N2O2/c1-12-6-5-9-19(11-12)17(20)16-13-7-3-4-8-14(13)18-10-15(16)21-2/h3-4,7-8,10,12H,5-6,9,11H2,1-2H3. The number of methoxy groups -OCH3 is 1. The third-order valence-corrected chi connectivity index (χ3v) is 4.12. The average Bonchev–Trinajstić information content (AvgIpc) is 2.53. The number of likely N-dealkylation sites (tertiary alicyclic amines) is 1. The van der Waals surface area contributed by atoms with Crippen molar-refractivity contribution in [3.8, 4) is 5.75 Å².